The van der Waals surface area contributed by atoms with Crippen LogP contribution in [0.3, 0.4) is 0 Å². The van der Waals surface area contributed by atoms with E-state index in [2.05, 4.69) is 36.4 Å². The molecule has 0 heterocycles. The van der Waals surface area contributed by atoms with Crippen molar-refractivity contribution < 1.29 is 4.74 Å². The average Bonchev–Trinajstić information content (AvgIpc) is 2.56. The Bertz CT molecular complexity index is 705. The van der Waals surface area contributed by atoms with Gasteiger partial charge in [0.2, 0.25) is 0 Å². The smallest absolute Gasteiger partial charge is 0.127 e. The van der Waals surface area contributed by atoms with Crippen molar-refractivity contribution in [2.24, 2.45) is 0 Å². The zero-order chi connectivity index (χ0) is 14.5. The molecule has 0 amide bonds. The van der Waals surface area contributed by atoms with E-state index >= 15 is 0 Å². The van der Waals surface area contributed by atoms with Crippen LogP contribution in [0.5, 0.6) is 11.5 Å². The van der Waals surface area contributed by atoms with Gasteiger partial charge in [0.05, 0.1) is 0 Å². The first-order chi connectivity index (χ1) is 10.4. The van der Waals surface area contributed by atoms with Crippen LogP contribution in [0.1, 0.15) is 5.56 Å². The van der Waals surface area contributed by atoms with Crippen LogP contribution in [0.25, 0.3) is 11.1 Å². The van der Waals surface area contributed by atoms with Gasteiger partial charge < -0.3 is 4.74 Å². The van der Waals surface area contributed by atoms with E-state index in [4.69, 9.17) is 4.74 Å². The summed E-state index contributed by atoms with van der Waals surface area (Å²) in [6.07, 6.45) is 0. The van der Waals surface area contributed by atoms with Gasteiger partial charge in [0.1, 0.15) is 11.5 Å². The molecule has 0 bridgehead atoms. The molecule has 0 atom stereocenters. The van der Waals surface area contributed by atoms with Crippen molar-refractivity contribution >= 4 is 10.2 Å². The summed E-state index contributed by atoms with van der Waals surface area (Å²) in [5.74, 6) is 1.73. The fraction of sp³-hybridized carbons (Fsp3) is 0.0526. The molecule has 0 aromatic heterocycles. The van der Waals surface area contributed by atoms with Crippen LogP contribution >= 0.6 is 0 Å². The van der Waals surface area contributed by atoms with Gasteiger partial charge in [-0.15, -0.1) is 0 Å². The molecule has 0 spiro atoms. The van der Waals surface area contributed by atoms with Crippen LogP contribution in [0.15, 0.2) is 78.9 Å². The standard InChI is InChI=1S/C19H18OSi/c21-14-16-6-4-5-9-19(16)15-10-12-18(13-11-15)20-17-7-2-1-3-8-17/h1-13H,14H2,21H3. The van der Waals surface area contributed by atoms with Crippen LogP contribution in [0.2, 0.25) is 0 Å². The van der Waals surface area contributed by atoms with Gasteiger partial charge in [-0.1, -0.05) is 54.6 Å². The predicted molar refractivity (Wildman–Crippen MR) is 92.0 cm³/mol. The van der Waals surface area contributed by atoms with E-state index in [9.17, 15) is 0 Å². The summed E-state index contributed by atoms with van der Waals surface area (Å²) in [5.41, 5.74) is 4.02. The van der Waals surface area contributed by atoms with Crippen molar-refractivity contribution in [3.8, 4) is 22.6 Å². The molecular weight excluding hydrogens is 272 g/mol. The van der Waals surface area contributed by atoms with Crippen molar-refractivity contribution in [2.75, 3.05) is 0 Å². The maximum atomic E-state index is 5.83. The summed E-state index contributed by atoms with van der Waals surface area (Å²) in [6.45, 7) is 0. The largest absolute Gasteiger partial charge is 0.457 e. The minimum Gasteiger partial charge on any atom is -0.457 e. The van der Waals surface area contributed by atoms with Crippen LogP contribution in [0, 0.1) is 0 Å². The molecule has 21 heavy (non-hydrogen) atoms. The highest BCUT2D eigenvalue weighted by molar-refractivity contribution is 6.09. The first-order valence-corrected chi connectivity index (χ1v) is 8.69. The number of ether oxygens (including phenoxy) is 1. The molecule has 3 rings (SSSR count). The SMILES string of the molecule is [SiH3]Cc1ccccc1-c1ccc(Oc2ccccc2)cc1. The molecule has 0 N–H and O–H groups in total. The molecule has 0 aliphatic carbocycles. The quantitative estimate of drug-likeness (QED) is 0.660. The van der Waals surface area contributed by atoms with Crippen molar-refractivity contribution in [1.82, 2.24) is 0 Å². The van der Waals surface area contributed by atoms with Gasteiger partial charge in [-0.25, -0.2) is 0 Å². The summed E-state index contributed by atoms with van der Waals surface area (Å²) in [6, 6.07) is 28.0. The minimum atomic E-state index is 0.866. The molecule has 0 unspecified atom stereocenters. The zero-order valence-electron chi connectivity index (χ0n) is 12.1. The molecule has 1 nitrogen and oxygen atoms in total. The van der Waals surface area contributed by atoms with Crippen molar-refractivity contribution in [1.29, 1.82) is 0 Å². The first kappa shape index (κ1) is 13.7. The summed E-state index contributed by atoms with van der Waals surface area (Å²) < 4.78 is 5.83. The Morgan fingerprint density at radius 3 is 2.00 bits per heavy atom. The lowest BCUT2D eigenvalue weighted by Crippen LogP contribution is -1.89. The molecule has 0 saturated heterocycles. The molecule has 3 aromatic rings. The van der Waals surface area contributed by atoms with Crippen LogP contribution in [-0.2, 0) is 6.04 Å². The Morgan fingerprint density at radius 2 is 1.29 bits per heavy atom. The summed E-state index contributed by atoms with van der Waals surface area (Å²) in [4.78, 5) is 0. The molecule has 0 radical (unpaired) electrons. The minimum absolute atomic E-state index is 0.866. The number of hydrogen-bond acceptors (Lipinski definition) is 1. The Hall–Kier alpha value is -2.32. The summed E-state index contributed by atoms with van der Waals surface area (Å²) in [7, 11) is 1.18. The number of benzene rings is 3. The Labute approximate surface area is 128 Å². The van der Waals surface area contributed by atoms with E-state index in [1.54, 1.807) is 0 Å². The van der Waals surface area contributed by atoms with E-state index in [0.717, 1.165) is 11.5 Å². The van der Waals surface area contributed by atoms with E-state index in [1.807, 2.05) is 42.5 Å². The fourth-order valence-electron chi connectivity index (χ4n) is 2.44. The molecule has 0 fully saturated rings. The molecular formula is C19H18OSi. The van der Waals surface area contributed by atoms with Crippen molar-refractivity contribution in [3.05, 3.63) is 84.4 Å². The summed E-state index contributed by atoms with van der Waals surface area (Å²) >= 11 is 0. The third kappa shape index (κ3) is 3.23. The van der Waals surface area contributed by atoms with Gasteiger partial charge in [0, 0.05) is 10.2 Å². The van der Waals surface area contributed by atoms with E-state index < -0.39 is 0 Å². The monoisotopic (exact) mass is 290 g/mol. The highest BCUT2D eigenvalue weighted by Gasteiger charge is 2.03. The first-order valence-electron chi connectivity index (χ1n) is 7.28. The van der Waals surface area contributed by atoms with E-state index in [-0.39, 0.29) is 0 Å². The van der Waals surface area contributed by atoms with E-state index in [0.29, 0.717) is 0 Å². The maximum absolute atomic E-state index is 5.83. The second-order valence-corrected chi connectivity index (χ2v) is 5.66. The third-order valence-corrected chi connectivity index (χ3v) is 4.30. The third-order valence-electron chi connectivity index (χ3n) is 3.54. The zero-order valence-corrected chi connectivity index (χ0v) is 14.1. The fourth-order valence-corrected chi connectivity index (χ4v) is 3.05. The van der Waals surface area contributed by atoms with Crippen molar-refractivity contribution in [2.45, 2.75) is 6.04 Å². The molecule has 0 aliphatic heterocycles. The van der Waals surface area contributed by atoms with Crippen molar-refractivity contribution in [3.63, 3.8) is 0 Å². The lowest BCUT2D eigenvalue weighted by molar-refractivity contribution is 0.483. The molecule has 3 aromatic carbocycles. The Balaban J connectivity index is 1.84. The second-order valence-electron chi connectivity index (χ2n) is 4.95. The topological polar surface area (TPSA) is 9.23 Å². The number of hydrogen-bond donors (Lipinski definition) is 0. The van der Waals surface area contributed by atoms with E-state index in [1.165, 1.54) is 33.0 Å². The summed E-state index contributed by atoms with van der Waals surface area (Å²) in [5, 5.41) is 0. The molecule has 0 saturated carbocycles. The lowest BCUT2D eigenvalue weighted by atomic mass is 10.0. The highest BCUT2D eigenvalue weighted by Crippen LogP contribution is 2.27. The lowest BCUT2D eigenvalue weighted by Gasteiger charge is -2.09. The maximum Gasteiger partial charge on any atom is 0.127 e. The van der Waals surface area contributed by atoms with Crippen LogP contribution < -0.4 is 4.74 Å². The van der Waals surface area contributed by atoms with Gasteiger partial charge in [-0.05, 0) is 47.0 Å². The van der Waals surface area contributed by atoms with Gasteiger partial charge in [0.25, 0.3) is 0 Å². The van der Waals surface area contributed by atoms with Gasteiger partial charge in [-0.3, -0.25) is 0 Å². The normalized spacial score (nSPS) is 10.5. The highest BCUT2D eigenvalue weighted by atomic mass is 28.1. The van der Waals surface area contributed by atoms with Gasteiger partial charge in [0.15, 0.2) is 0 Å². The van der Waals surface area contributed by atoms with Gasteiger partial charge in [-0.2, -0.15) is 0 Å². The van der Waals surface area contributed by atoms with Crippen LogP contribution in [-0.4, -0.2) is 10.2 Å². The second kappa shape index (κ2) is 6.42. The molecule has 104 valence electrons. The Morgan fingerprint density at radius 1 is 0.667 bits per heavy atom. The van der Waals surface area contributed by atoms with Crippen LogP contribution in [0.4, 0.5) is 0 Å². The average molecular weight is 290 g/mol. The Kier molecular flexibility index (Phi) is 4.17. The van der Waals surface area contributed by atoms with Gasteiger partial charge >= 0.3 is 0 Å². The molecule has 2 heteroatoms. The molecule has 0 aliphatic rings. The number of rotatable bonds is 4. The number of para-hydroxylation sites is 1. The predicted octanol–water partition coefficient (Wildman–Crippen LogP) is 4.01.